The highest BCUT2D eigenvalue weighted by molar-refractivity contribution is 6.34. The van der Waals surface area contributed by atoms with Crippen LogP contribution < -0.4 is 5.32 Å². The Morgan fingerprint density at radius 1 is 1.09 bits per heavy atom. The van der Waals surface area contributed by atoms with Crippen LogP contribution in [0, 0.1) is 0 Å². The second kappa shape index (κ2) is 10.1. The molecule has 1 aromatic heterocycles. The second-order valence-corrected chi connectivity index (χ2v) is 8.57. The second-order valence-electron chi connectivity index (χ2n) is 8.17. The zero-order chi connectivity index (χ0) is 24.2. The maximum Gasteiger partial charge on any atom is 0.411 e. The molecule has 0 spiro atoms. The smallest absolute Gasteiger partial charge is 0.411 e. The van der Waals surface area contributed by atoms with E-state index in [2.05, 4.69) is 21.4 Å². The summed E-state index contributed by atoms with van der Waals surface area (Å²) in [5.74, 6) is 0.376. The lowest BCUT2D eigenvalue weighted by Crippen LogP contribution is -2.18. The van der Waals surface area contributed by atoms with Gasteiger partial charge in [0.05, 0.1) is 25.3 Å². The van der Waals surface area contributed by atoms with Crippen LogP contribution in [0.1, 0.15) is 30.5 Å². The lowest BCUT2D eigenvalue weighted by atomic mass is 10.0. The largest absolute Gasteiger partial charge is 0.469 e. The van der Waals surface area contributed by atoms with E-state index in [0.29, 0.717) is 22.9 Å². The van der Waals surface area contributed by atoms with Crippen molar-refractivity contribution in [2.24, 2.45) is 4.99 Å². The summed E-state index contributed by atoms with van der Waals surface area (Å²) in [5, 5.41) is 3.25. The normalized spacial score (nSPS) is 12.2. The topological polar surface area (TPSA) is 89.9 Å². The molecule has 1 N–H and O–H groups in total. The number of benzene rings is 2. The average Bonchev–Trinajstić information content (AvgIpc) is 3.23. The molecule has 34 heavy (non-hydrogen) atoms. The van der Waals surface area contributed by atoms with Crippen molar-refractivity contribution in [2.75, 3.05) is 12.4 Å². The van der Waals surface area contributed by atoms with E-state index < -0.39 is 6.09 Å². The van der Waals surface area contributed by atoms with Crippen molar-refractivity contribution >= 4 is 40.9 Å². The van der Waals surface area contributed by atoms with Gasteiger partial charge in [0.1, 0.15) is 0 Å². The Kier molecular flexibility index (Phi) is 6.93. The molecule has 3 aromatic rings. The Morgan fingerprint density at radius 2 is 1.85 bits per heavy atom. The van der Waals surface area contributed by atoms with Gasteiger partial charge in [0.2, 0.25) is 0 Å². The van der Waals surface area contributed by atoms with Crippen molar-refractivity contribution in [3.05, 3.63) is 76.4 Å². The van der Waals surface area contributed by atoms with Crippen molar-refractivity contribution < 1.29 is 19.1 Å². The first kappa shape index (κ1) is 23.4. The molecule has 2 aromatic carbocycles. The van der Waals surface area contributed by atoms with Gasteiger partial charge in [-0.1, -0.05) is 35.9 Å². The van der Waals surface area contributed by atoms with Crippen molar-refractivity contribution in [3.63, 3.8) is 0 Å². The van der Waals surface area contributed by atoms with Crippen LogP contribution in [0.3, 0.4) is 0 Å². The standard InChI is InChI=1S/C26H24ClN3O4/c1-15(2)34-26(32)29-20-8-9-22(27)21(13-20)23-12-18-11-19(14-28-25(18)30-23)17-6-4-16(5-7-17)10-24(31)33-3/h4-9,11,13-15H,10,12H2,1-3H3,(H,29,32). The van der Waals surface area contributed by atoms with E-state index in [9.17, 15) is 9.59 Å². The van der Waals surface area contributed by atoms with Gasteiger partial charge in [-0.05, 0) is 49.2 Å². The minimum atomic E-state index is -0.524. The Balaban J connectivity index is 1.51. The number of esters is 1. The third-order valence-electron chi connectivity index (χ3n) is 5.27. The van der Waals surface area contributed by atoms with E-state index in [1.54, 1.807) is 38.2 Å². The Morgan fingerprint density at radius 3 is 2.56 bits per heavy atom. The zero-order valence-corrected chi connectivity index (χ0v) is 19.8. The van der Waals surface area contributed by atoms with Crippen molar-refractivity contribution in [3.8, 4) is 11.1 Å². The van der Waals surface area contributed by atoms with Gasteiger partial charge >= 0.3 is 12.1 Å². The number of anilines is 1. The fraction of sp³-hybridized carbons (Fsp3) is 0.231. The van der Waals surface area contributed by atoms with Crippen LogP contribution in [0.25, 0.3) is 11.1 Å². The highest BCUT2D eigenvalue weighted by Gasteiger charge is 2.21. The lowest BCUT2D eigenvalue weighted by molar-refractivity contribution is -0.139. The van der Waals surface area contributed by atoms with Gasteiger partial charge in [-0.2, -0.15) is 0 Å². The van der Waals surface area contributed by atoms with Crippen LogP contribution in [0.2, 0.25) is 5.02 Å². The minimum absolute atomic E-state index is 0.218. The molecule has 4 rings (SSSR count). The molecule has 0 saturated carbocycles. The number of hydrogen-bond donors (Lipinski definition) is 1. The molecule has 1 amide bonds. The first-order chi connectivity index (χ1) is 16.3. The molecule has 0 aliphatic carbocycles. The summed E-state index contributed by atoms with van der Waals surface area (Å²) < 4.78 is 9.86. The van der Waals surface area contributed by atoms with Gasteiger partial charge in [0.25, 0.3) is 0 Å². The molecular formula is C26H24ClN3O4. The maximum absolute atomic E-state index is 12.0. The number of nitrogens with one attached hydrogen (secondary N) is 1. The number of aliphatic imine (C=N–C) groups is 1. The molecule has 1 aliphatic heterocycles. The number of ether oxygens (including phenoxy) is 2. The molecule has 8 heteroatoms. The Bertz CT molecular complexity index is 1270. The molecule has 0 atom stereocenters. The number of rotatable bonds is 6. The van der Waals surface area contributed by atoms with Gasteiger partial charge in [-0.15, -0.1) is 0 Å². The first-order valence-corrected chi connectivity index (χ1v) is 11.2. The molecular weight excluding hydrogens is 454 g/mol. The van der Waals surface area contributed by atoms with Crippen LogP contribution in [0.15, 0.2) is 59.7 Å². The maximum atomic E-state index is 12.0. The van der Waals surface area contributed by atoms with Crippen LogP contribution >= 0.6 is 11.6 Å². The predicted octanol–water partition coefficient (Wildman–Crippen LogP) is 5.75. The molecule has 0 saturated heterocycles. The molecule has 174 valence electrons. The Labute approximate surface area is 202 Å². The molecule has 2 heterocycles. The number of pyridine rings is 1. The van der Waals surface area contributed by atoms with E-state index in [4.69, 9.17) is 21.1 Å². The number of carbonyl (C=O) groups is 2. The van der Waals surface area contributed by atoms with E-state index >= 15 is 0 Å². The summed E-state index contributed by atoms with van der Waals surface area (Å²) >= 11 is 6.45. The third kappa shape index (κ3) is 5.43. The third-order valence-corrected chi connectivity index (χ3v) is 5.60. The monoisotopic (exact) mass is 477 g/mol. The number of aromatic nitrogens is 1. The van der Waals surface area contributed by atoms with Crippen LogP contribution in [0.4, 0.5) is 16.3 Å². The molecule has 0 bridgehead atoms. The summed E-state index contributed by atoms with van der Waals surface area (Å²) in [7, 11) is 1.38. The predicted molar refractivity (Wildman–Crippen MR) is 132 cm³/mol. The highest BCUT2D eigenvalue weighted by Crippen LogP contribution is 2.33. The number of halogens is 1. The highest BCUT2D eigenvalue weighted by atomic mass is 35.5. The van der Waals surface area contributed by atoms with E-state index in [0.717, 1.165) is 33.5 Å². The van der Waals surface area contributed by atoms with Gasteiger partial charge in [-0.25, -0.2) is 14.8 Å². The number of methoxy groups -OCH3 is 1. The molecule has 7 nitrogen and oxygen atoms in total. The fourth-order valence-corrected chi connectivity index (χ4v) is 3.86. The first-order valence-electron chi connectivity index (χ1n) is 10.8. The lowest BCUT2D eigenvalue weighted by Gasteiger charge is -2.11. The number of fused-ring (bicyclic) bond motifs is 1. The van der Waals surface area contributed by atoms with Gasteiger partial charge < -0.3 is 9.47 Å². The van der Waals surface area contributed by atoms with Crippen molar-refractivity contribution in [1.29, 1.82) is 0 Å². The van der Waals surface area contributed by atoms with Crippen LogP contribution in [-0.4, -0.2) is 36.0 Å². The van der Waals surface area contributed by atoms with Gasteiger partial charge in [0, 0.05) is 40.0 Å². The Hall–Kier alpha value is -3.71. The summed E-state index contributed by atoms with van der Waals surface area (Å²) in [6, 6.07) is 15.0. The summed E-state index contributed by atoms with van der Waals surface area (Å²) in [4.78, 5) is 32.6. The van der Waals surface area contributed by atoms with E-state index in [-0.39, 0.29) is 18.5 Å². The van der Waals surface area contributed by atoms with Crippen LogP contribution in [0.5, 0.6) is 0 Å². The SMILES string of the molecule is COC(=O)Cc1ccc(-c2cnc3c(c2)CC(c2cc(NC(=O)OC(C)C)ccc2Cl)=N3)cc1. The number of nitrogens with zero attached hydrogens (tertiary/aromatic N) is 2. The molecule has 0 unspecified atom stereocenters. The average molecular weight is 478 g/mol. The number of carbonyl (C=O) groups excluding carboxylic acids is 2. The van der Waals surface area contributed by atoms with Gasteiger partial charge in [-0.3, -0.25) is 10.1 Å². The molecule has 1 aliphatic rings. The quantitative estimate of drug-likeness (QED) is 0.456. The molecule has 0 fully saturated rings. The number of hydrogen-bond acceptors (Lipinski definition) is 6. The van der Waals surface area contributed by atoms with Crippen LogP contribution in [-0.2, 0) is 27.1 Å². The van der Waals surface area contributed by atoms with E-state index in [1.165, 1.54) is 7.11 Å². The summed E-state index contributed by atoms with van der Waals surface area (Å²) in [6.07, 6.45) is 1.84. The zero-order valence-electron chi connectivity index (χ0n) is 19.1. The fourth-order valence-electron chi connectivity index (χ4n) is 3.63. The van der Waals surface area contributed by atoms with Crippen molar-refractivity contribution in [2.45, 2.75) is 32.8 Å². The molecule has 0 radical (unpaired) electrons. The summed E-state index contributed by atoms with van der Waals surface area (Å²) in [5.41, 5.74) is 5.90. The van der Waals surface area contributed by atoms with E-state index in [1.807, 2.05) is 24.3 Å². The summed E-state index contributed by atoms with van der Waals surface area (Å²) in [6.45, 7) is 3.57. The minimum Gasteiger partial charge on any atom is -0.469 e. The van der Waals surface area contributed by atoms with Crippen molar-refractivity contribution in [1.82, 2.24) is 4.98 Å². The van der Waals surface area contributed by atoms with Gasteiger partial charge in [0.15, 0.2) is 5.82 Å². The number of amides is 1.